The van der Waals surface area contributed by atoms with E-state index in [-0.39, 0.29) is 17.5 Å². The molecule has 2 atom stereocenters. The highest BCUT2D eigenvalue weighted by Gasteiger charge is 2.27. The van der Waals surface area contributed by atoms with Gasteiger partial charge in [-0.15, -0.1) is 11.8 Å². The van der Waals surface area contributed by atoms with E-state index in [1.807, 2.05) is 12.1 Å². The number of phenolic OH excluding ortho intramolecular Hbond substituents is 1. The molecule has 1 aromatic rings. The Morgan fingerprint density at radius 1 is 1.57 bits per heavy atom. The number of aliphatic carboxylic acids is 1. The number of carboxylic acids is 1. The lowest BCUT2D eigenvalue weighted by molar-refractivity contribution is -0.141. The Balaban J connectivity index is 2.04. The molecule has 0 spiro atoms. The van der Waals surface area contributed by atoms with Crippen LogP contribution in [0.4, 0.5) is 0 Å². The zero-order chi connectivity index (χ0) is 15.4. The zero-order valence-corrected chi connectivity index (χ0v) is 13.3. The Kier molecular flexibility index (Phi) is 5.55. The summed E-state index contributed by atoms with van der Waals surface area (Å²) in [4.78, 5) is 17.5. The van der Waals surface area contributed by atoms with Gasteiger partial charge in [0.25, 0.3) is 0 Å². The summed E-state index contributed by atoms with van der Waals surface area (Å²) in [6.45, 7) is 0.557. The van der Waals surface area contributed by atoms with E-state index in [1.165, 1.54) is 0 Å². The average molecular weight is 326 g/mol. The molecule has 7 heteroatoms. The topological polar surface area (TPSA) is 73.1 Å². The number of thioether (sulfide) groups is 1. The van der Waals surface area contributed by atoms with E-state index in [0.717, 1.165) is 16.4 Å². The molecule has 0 aliphatic carbocycles. The van der Waals surface area contributed by atoms with Crippen molar-refractivity contribution in [1.82, 2.24) is 4.90 Å². The van der Waals surface area contributed by atoms with Crippen LogP contribution in [0.15, 0.2) is 29.3 Å². The minimum Gasteiger partial charge on any atom is -0.507 e. The maximum Gasteiger partial charge on any atom is 0.321 e. The Labute approximate surface area is 133 Å². The molecule has 21 heavy (non-hydrogen) atoms. The number of thiol groups is 1. The van der Waals surface area contributed by atoms with Crippen LogP contribution in [-0.4, -0.2) is 63.3 Å². The standard InChI is InChI=1S/C14H18N2O3S2/c1-16(11(7-20)14(18)19)6-9-8-21-13(15-9)10-4-2-3-5-12(10)17/h2-5,9,11,17,20H,6-8H2,1H3,(H,18,19)/t9-,11+/m1/s1. The maximum atomic E-state index is 11.1. The third-order valence-electron chi connectivity index (χ3n) is 3.34. The molecule has 1 aromatic carbocycles. The van der Waals surface area contributed by atoms with Gasteiger partial charge >= 0.3 is 5.97 Å². The Morgan fingerprint density at radius 3 is 2.90 bits per heavy atom. The largest absolute Gasteiger partial charge is 0.507 e. The number of nitrogens with zero attached hydrogens (tertiary/aromatic N) is 2. The Morgan fingerprint density at radius 2 is 2.29 bits per heavy atom. The molecule has 1 heterocycles. The highest BCUT2D eigenvalue weighted by molar-refractivity contribution is 8.14. The minimum absolute atomic E-state index is 0.0244. The molecule has 0 saturated heterocycles. The summed E-state index contributed by atoms with van der Waals surface area (Å²) in [5.74, 6) is 0.397. The van der Waals surface area contributed by atoms with Crippen molar-refractivity contribution >= 4 is 35.4 Å². The highest BCUT2D eigenvalue weighted by Crippen LogP contribution is 2.28. The van der Waals surface area contributed by atoms with Gasteiger partial charge in [0, 0.05) is 23.6 Å². The number of rotatable bonds is 6. The van der Waals surface area contributed by atoms with E-state index in [2.05, 4.69) is 17.6 Å². The summed E-state index contributed by atoms with van der Waals surface area (Å²) in [5, 5.41) is 19.8. The summed E-state index contributed by atoms with van der Waals surface area (Å²) in [6.07, 6.45) is 0. The van der Waals surface area contributed by atoms with Crippen LogP contribution in [-0.2, 0) is 4.79 Å². The fourth-order valence-electron chi connectivity index (χ4n) is 2.18. The third-order valence-corrected chi connectivity index (χ3v) is 4.83. The molecule has 1 aliphatic rings. The number of aliphatic imine (C=N–C) groups is 1. The van der Waals surface area contributed by atoms with E-state index >= 15 is 0 Å². The molecule has 2 N–H and O–H groups in total. The van der Waals surface area contributed by atoms with Gasteiger partial charge in [0.05, 0.1) is 6.04 Å². The van der Waals surface area contributed by atoms with Gasteiger partial charge < -0.3 is 10.2 Å². The summed E-state index contributed by atoms with van der Waals surface area (Å²) >= 11 is 5.67. The van der Waals surface area contributed by atoms with Crippen LogP contribution in [0.1, 0.15) is 5.56 Å². The summed E-state index contributed by atoms with van der Waals surface area (Å²) < 4.78 is 0. The monoisotopic (exact) mass is 326 g/mol. The average Bonchev–Trinajstić information content (AvgIpc) is 2.87. The van der Waals surface area contributed by atoms with Crippen LogP contribution in [0.2, 0.25) is 0 Å². The fourth-order valence-corrected chi connectivity index (χ4v) is 3.69. The predicted molar refractivity (Wildman–Crippen MR) is 88.8 cm³/mol. The fraction of sp³-hybridized carbons (Fsp3) is 0.429. The molecule has 114 valence electrons. The van der Waals surface area contributed by atoms with Crippen molar-refractivity contribution < 1.29 is 15.0 Å². The molecular weight excluding hydrogens is 308 g/mol. The van der Waals surface area contributed by atoms with Gasteiger partial charge in [0.1, 0.15) is 16.8 Å². The number of hydrogen-bond acceptors (Lipinski definition) is 6. The van der Waals surface area contributed by atoms with Crippen molar-refractivity contribution in [3.63, 3.8) is 0 Å². The number of hydrogen-bond donors (Lipinski definition) is 3. The van der Waals surface area contributed by atoms with Crippen molar-refractivity contribution in [1.29, 1.82) is 0 Å². The van der Waals surface area contributed by atoms with Crippen molar-refractivity contribution in [2.45, 2.75) is 12.1 Å². The summed E-state index contributed by atoms with van der Waals surface area (Å²) in [6, 6.07) is 6.52. The van der Waals surface area contributed by atoms with E-state index in [4.69, 9.17) is 5.11 Å². The van der Waals surface area contributed by atoms with E-state index in [9.17, 15) is 9.90 Å². The van der Waals surface area contributed by atoms with Gasteiger partial charge in [-0.3, -0.25) is 14.7 Å². The van der Waals surface area contributed by atoms with Crippen molar-refractivity contribution in [3.8, 4) is 5.75 Å². The van der Waals surface area contributed by atoms with Gasteiger partial charge in [-0.2, -0.15) is 12.6 Å². The van der Waals surface area contributed by atoms with Gasteiger partial charge in [0.2, 0.25) is 0 Å². The highest BCUT2D eigenvalue weighted by atomic mass is 32.2. The lowest BCUT2D eigenvalue weighted by Gasteiger charge is -2.24. The zero-order valence-electron chi connectivity index (χ0n) is 11.6. The molecule has 0 saturated carbocycles. The van der Waals surface area contributed by atoms with Crippen LogP contribution >= 0.6 is 24.4 Å². The first-order valence-electron chi connectivity index (χ1n) is 6.55. The molecule has 0 aromatic heterocycles. The lowest BCUT2D eigenvalue weighted by atomic mass is 10.2. The first kappa shape index (κ1) is 16.2. The molecular formula is C14H18N2O3S2. The van der Waals surface area contributed by atoms with Crippen molar-refractivity contribution in [2.24, 2.45) is 4.99 Å². The van der Waals surface area contributed by atoms with Crippen LogP contribution in [0.5, 0.6) is 5.75 Å². The number of para-hydroxylation sites is 1. The summed E-state index contributed by atoms with van der Waals surface area (Å²) in [5.41, 5.74) is 0.733. The van der Waals surface area contributed by atoms with Gasteiger partial charge in [-0.1, -0.05) is 12.1 Å². The number of carbonyl (C=O) groups is 1. The quantitative estimate of drug-likeness (QED) is 0.692. The van der Waals surface area contributed by atoms with Crippen molar-refractivity contribution in [3.05, 3.63) is 29.8 Å². The van der Waals surface area contributed by atoms with Gasteiger partial charge in [0.15, 0.2) is 0 Å². The first-order valence-corrected chi connectivity index (χ1v) is 8.17. The number of carboxylic acid groups (broad SMARTS) is 1. The van der Waals surface area contributed by atoms with Gasteiger partial charge in [-0.05, 0) is 19.2 Å². The second-order valence-corrected chi connectivity index (χ2v) is 6.27. The molecule has 1 aliphatic heterocycles. The number of benzene rings is 1. The Hall–Kier alpha value is -1.18. The second-order valence-electron chi connectivity index (χ2n) is 4.89. The molecule has 2 rings (SSSR count). The van der Waals surface area contributed by atoms with Crippen LogP contribution in [0.25, 0.3) is 0 Å². The molecule has 0 radical (unpaired) electrons. The van der Waals surface area contributed by atoms with E-state index in [0.29, 0.717) is 6.54 Å². The van der Waals surface area contributed by atoms with Crippen LogP contribution < -0.4 is 0 Å². The van der Waals surface area contributed by atoms with Crippen LogP contribution in [0.3, 0.4) is 0 Å². The molecule has 0 fully saturated rings. The molecule has 0 amide bonds. The van der Waals surface area contributed by atoms with Gasteiger partial charge in [-0.25, -0.2) is 0 Å². The summed E-state index contributed by atoms with van der Waals surface area (Å²) in [7, 11) is 1.77. The number of aromatic hydroxyl groups is 1. The molecule has 0 unspecified atom stereocenters. The maximum absolute atomic E-state index is 11.1. The predicted octanol–water partition coefficient (Wildman–Crippen LogP) is 1.57. The Bertz CT molecular complexity index is 551. The van der Waals surface area contributed by atoms with E-state index in [1.54, 1.807) is 35.8 Å². The van der Waals surface area contributed by atoms with E-state index < -0.39 is 12.0 Å². The third kappa shape index (κ3) is 3.93. The van der Waals surface area contributed by atoms with Crippen LogP contribution in [0, 0.1) is 0 Å². The molecule has 0 bridgehead atoms. The molecule has 5 nitrogen and oxygen atoms in total. The first-order chi connectivity index (χ1) is 10.0. The van der Waals surface area contributed by atoms with Crippen molar-refractivity contribution in [2.75, 3.05) is 25.1 Å². The smallest absolute Gasteiger partial charge is 0.321 e. The lowest BCUT2D eigenvalue weighted by Crippen LogP contribution is -2.43. The SMILES string of the molecule is CN(C[C@@H]1CSC(c2ccccc2O)=N1)[C@@H](CS)C(=O)O. The second kappa shape index (κ2) is 7.20. The normalized spacial score (nSPS) is 19.6. The number of phenols is 1. The minimum atomic E-state index is -0.872. The number of likely N-dealkylation sites (N-methyl/N-ethyl adjacent to an activating group) is 1.